The van der Waals surface area contributed by atoms with Crippen LogP contribution in [0.3, 0.4) is 0 Å². The van der Waals surface area contributed by atoms with E-state index >= 15 is 0 Å². The molecule has 1 aliphatic heterocycles. The number of oxazole rings is 1. The summed E-state index contributed by atoms with van der Waals surface area (Å²) < 4.78 is 5.83. The third-order valence-electron chi connectivity index (χ3n) is 3.82. The summed E-state index contributed by atoms with van der Waals surface area (Å²) in [4.78, 5) is 6.80. The Bertz CT molecular complexity index is 563. The summed E-state index contributed by atoms with van der Waals surface area (Å²) in [7, 11) is 0. The summed E-state index contributed by atoms with van der Waals surface area (Å²) in [6.07, 6.45) is 2.38. The van der Waals surface area contributed by atoms with E-state index in [9.17, 15) is 0 Å². The van der Waals surface area contributed by atoms with Crippen LogP contribution in [0.5, 0.6) is 0 Å². The molecule has 0 radical (unpaired) electrons. The predicted molar refractivity (Wildman–Crippen MR) is 73.6 cm³/mol. The number of aromatic nitrogens is 1. The molecule has 2 atom stereocenters. The molecular formula is C14H19N3O. The van der Waals surface area contributed by atoms with Crippen molar-refractivity contribution in [3.05, 3.63) is 18.2 Å². The Kier molecular flexibility index (Phi) is 2.65. The second-order valence-electron chi connectivity index (χ2n) is 5.36. The van der Waals surface area contributed by atoms with E-state index in [-0.39, 0.29) is 0 Å². The Hall–Kier alpha value is -1.71. The molecule has 2 unspecified atom stereocenters. The largest absolute Gasteiger partial charge is 0.423 e. The van der Waals surface area contributed by atoms with Crippen molar-refractivity contribution in [2.24, 2.45) is 5.92 Å². The predicted octanol–water partition coefficient (Wildman–Crippen LogP) is 3.03. The standard InChI is InChI=1S/C14H19N3O/c1-9-6-7-17(10(2)8-9)14-16-13-11(15)4-3-5-12(13)18-14/h3-5,9-10H,6-8,15H2,1-2H3. The Labute approximate surface area is 107 Å². The normalized spacial score (nSPS) is 24.7. The summed E-state index contributed by atoms with van der Waals surface area (Å²) in [6.45, 7) is 5.54. The lowest BCUT2D eigenvalue weighted by Crippen LogP contribution is -2.40. The van der Waals surface area contributed by atoms with Gasteiger partial charge in [-0.2, -0.15) is 4.98 Å². The first-order chi connectivity index (χ1) is 8.65. The highest BCUT2D eigenvalue weighted by atomic mass is 16.4. The Balaban J connectivity index is 1.97. The number of hydrogen-bond donors (Lipinski definition) is 1. The zero-order valence-electron chi connectivity index (χ0n) is 10.9. The van der Waals surface area contributed by atoms with Crippen molar-refractivity contribution in [2.75, 3.05) is 17.2 Å². The van der Waals surface area contributed by atoms with Crippen molar-refractivity contribution in [3.63, 3.8) is 0 Å². The number of nitrogens with zero attached hydrogens (tertiary/aromatic N) is 2. The van der Waals surface area contributed by atoms with Crippen LogP contribution in [0.4, 0.5) is 11.7 Å². The molecule has 1 aromatic carbocycles. The van der Waals surface area contributed by atoms with E-state index in [4.69, 9.17) is 10.2 Å². The van der Waals surface area contributed by atoms with Gasteiger partial charge in [-0.05, 0) is 37.8 Å². The van der Waals surface area contributed by atoms with Crippen molar-refractivity contribution >= 4 is 22.8 Å². The Morgan fingerprint density at radius 2 is 2.22 bits per heavy atom. The molecule has 3 rings (SSSR count). The van der Waals surface area contributed by atoms with E-state index in [0.717, 1.165) is 23.6 Å². The molecule has 1 fully saturated rings. The molecular weight excluding hydrogens is 226 g/mol. The maximum absolute atomic E-state index is 5.91. The van der Waals surface area contributed by atoms with E-state index in [1.54, 1.807) is 0 Å². The summed E-state index contributed by atoms with van der Waals surface area (Å²) >= 11 is 0. The zero-order valence-corrected chi connectivity index (χ0v) is 10.9. The fraction of sp³-hybridized carbons (Fsp3) is 0.500. The lowest BCUT2D eigenvalue weighted by molar-refractivity contribution is 0.360. The van der Waals surface area contributed by atoms with Crippen molar-refractivity contribution in [1.82, 2.24) is 4.98 Å². The van der Waals surface area contributed by atoms with E-state index in [0.29, 0.717) is 17.7 Å². The average Bonchev–Trinajstić information content (AvgIpc) is 2.74. The third kappa shape index (κ3) is 1.82. The highest BCUT2D eigenvalue weighted by Gasteiger charge is 2.26. The summed E-state index contributed by atoms with van der Waals surface area (Å²) in [6, 6.07) is 6.86. The maximum atomic E-state index is 5.91. The summed E-state index contributed by atoms with van der Waals surface area (Å²) in [5.74, 6) is 0.783. The number of para-hydroxylation sites is 1. The van der Waals surface area contributed by atoms with Crippen molar-refractivity contribution in [3.8, 4) is 0 Å². The molecule has 2 heterocycles. The van der Waals surface area contributed by atoms with E-state index < -0.39 is 0 Å². The van der Waals surface area contributed by atoms with E-state index in [2.05, 4.69) is 23.7 Å². The van der Waals surface area contributed by atoms with E-state index in [1.807, 2.05) is 18.2 Å². The lowest BCUT2D eigenvalue weighted by Gasteiger charge is -2.35. The van der Waals surface area contributed by atoms with Gasteiger partial charge in [-0.15, -0.1) is 0 Å². The topological polar surface area (TPSA) is 55.3 Å². The molecule has 4 heteroatoms. The highest BCUT2D eigenvalue weighted by Crippen LogP contribution is 2.31. The van der Waals surface area contributed by atoms with Crippen LogP contribution in [-0.4, -0.2) is 17.6 Å². The zero-order chi connectivity index (χ0) is 12.7. The van der Waals surface area contributed by atoms with Gasteiger partial charge in [-0.25, -0.2) is 0 Å². The first kappa shape index (κ1) is 11.4. The quantitative estimate of drug-likeness (QED) is 0.785. The first-order valence-electron chi connectivity index (χ1n) is 6.57. The number of piperidine rings is 1. The minimum atomic E-state index is 0.475. The van der Waals surface area contributed by atoms with Gasteiger partial charge in [0.15, 0.2) is 5.58 Å². The summed E-state index contributed by atoms with van der Waals surface area (Å²) in [5, 5.41) is 0. The number of rotatable bonds is 1. The number of fused-ring (bicyclic) bond motifs is 1. The van der Waals surface area contributed by atoms with Crippen LogP contribution >= 0.6 is 0 Å². The maximum Gasteiger partial charge on any atom is 0.298 e. The molecule has 18 heavy (non-hydrogen) atoms. The lowest BCUT2D eigenvalue weighted by atomic mass is 9.94. The minimum absolute atomic E-state index is 0.475. The smallest absolute Gasteiger partial charge is 0.298 e. The average molecular weight is 245 g/mol. The highest BCUT2D eigenvalue weighted by molar-refractivity contribution is 5.86. The van der Waals surface area contributed by atoms with Gasteiger partial charge in [0.2, 0.25) is 0 Å². The van der Waals surface area contributed by atoms with Gasteiger partial charge in [-0.1, -0.05) is 13.0 Å². The van der Waals surface area contributed by atoms with Crippen LogP contribution < -0.4 is 10.6 Å². The van der Waals surface area contributed by atoms with Crippen molar-refractivity contribution in [1.29, 1.82) is 0 Å². The first-order valence-corrected chi connectivity index (χ1v) is 6.57. The molecule has 1 aromatic heterocycles. The van der Waals surface area contributed by atoms with Gasteiger partial charge in [0, 0.05) is 12.6 Å². The van der Waals surface area contributed by atoms with E-state index in [1.165, 1.54) is 12.8 Å². The van der Waals surface area contributed by atoms with Gasteiger partial charge < -0.3 is 15.1 Å². The monoisotopic (exact) mass is 245 g/mol. The number of nitrogens with two attached hydrogens (primary N) is 1. The van der Waals surface area contributed by atoms with Crippen molar-refractivity contribution in [2.45, 2.75) is 32.7 Å². The summed E-state index contributed by atoms with van der Waals surface area (Å²) in [5.41, 5.74) is 8.15. The van der Waals surface area contributed by atoms with Crippen LogP contribution in [0.2, 0.25) is 0 Å². The van der Waals surface area contributed by atoms with Crippen LogP contribution in [0.25, 0.3) is 11.1 Å². The minimum Gasteiger partial charge on any atom is -0.423 e. The SMILES string of the molecule is CC1CCN(c2nc3c(N)cccc3o2)C(C)C1. The molecule has 0 aliphatic carbocycles. The molecule has 1 saturated heterocycles. The molecule has 4 nitrogen and oxygen atoms in total. The Morgan fingerprint density at radius 3 is 2.94 bits per heavy atom. The molecule has 2 aromatic rings. The molecule has 0 bridgehead atoms. The van der Waals surface area contributed by atoms with Gasteiger partial charge in [0.05, 0.1) is 5.69 Å². The van der Waals surface area contributed by atoms with Gasteiger partial charge >= 0.3 is 0 Å². The number of benzene rings is 1. The van der Waals surface area contributed by atoms with Gasteiger partial charge in [0.25, 0.3) is 6.01 Å². The van der Waals surface area contributed by atoms with Gasteiger partial charge in [0.1, 0.15) is 5.52 Å². The van der Waals surface area contributed by atoms with Gasteiger partial charge in [-0.3, -0.25) is 0 Å². The molecule has 2 N–H and O–H groups in total. The Morgan fingerprint density at radius 1 is 1.39 bits per heavy atom. The van der Waals surface area contributed by atoms with Crippen LogP contribution in [0.1, 0.15) is 26.7 Å². The fourth-order valence-electron chi connectivity index (χ4n) is 2.77. The number of anilines is 2. The van der Waals surface area contributed by atoms with Crippen LogP contribution in [0.15, 0.2) is 22.6 Å². The third-order valence-corrected chi connectivity index (χ3v) is 3.82. The van der Waals surface area contributed by atoms with Crippen LogP contribution in [-0.2, 0) is 0 Å². The number of nitrogen functional groups attached to an aromatic ring is 1. The molecule has 0 spiro atoms. The van der Waals surface area contributed by atoms with Crippen LogP contribution in [0, 0.1) is 5.92 Å². The van der Waals surface area contributed by atoms with Crippen molar-refractivity contribution < 1.29 is 4.42 Å². The molecule has 0 amide bonds. The second kappa shape index (κ2) is 4.19. The number of hydrogen-bond acceptors (Lipinski definition) is 4. The fourth-order valence-corrected chi connectivity index (χ4v) is 2.77. The molecule has 0 saturated carbocycles. The second-order valence-corrected chi connectivity index (χ2v) is 5.36. The molecule has 96 valence electrons. The molecule has 1 aliphatic rings.